The molecule has 0 rings (SSSR count). The number of halogens is 1. The summed E-state index contributed by atoms with van der Waals surface area (Å²) < 4.78 is 5.01. The van der Waals surface area contributed by atoms with E-state index >= 15 is 0 Å². The van der Waals surface area contributed by atoms with E-state index in [1.54, 1.807) is 6.92 Å². The first-order valence-electron chi connectivity index (χ1n) is 3.56. The zero-order chi connectivity index (χ0) is 9.07. The molecular weight excluding hydrogens is 180 g/mol. The van der Waals surface area contributed by atoms with Gasteiger partial charge in [0.05, 0.1) is 0 Å². The molecule has 0 aromatic heterocycles. The summed E-state index contributed by atoms with van der Waals surface area (Å²) in [5.74, 6) is 4.71. The molecule has 3 N–H and O–H groups in total. The second-order valence-corrected chi connectivity index (χ2v) is 3.42. The lowest BCUT2D eigenvalue weighted by Gasteiger charge is -2.21. The van der Waals surface area contributed by atoms with Crippen LogP contribution in [-0.2, 0) is 9.53 Å². The van der Waals surface area contributed by atoms with Crippen molar-refractivity contribution in [3.8, 4) is 0 Å². The first-order chi connectivity index (χ1) is 4.87. The van der Waals surface area contributed by atoms with Gasteiger partial charge in [0.15, 0.2) is 0 Å². The van der Waals surface area contributed by atoms with Crippen LogP contribution in [-0.4, -0.2) is 17.6 Å². The molecule has 74 valence electrons. The van der Waals surface area contributed by atoms with Gasteiger partial charge in [-0.2, -0.15) is 0 Å². The van der Waals surface area contributed by atoms with Gasteiger partial charge in [0, 0.05) is 0 Å². The van der Waals surface area contributed by atoms with Crippen molar-refractivity contribution in [2.45, 2.75) is 39.3 Å². The van der Waals surface area contributed by atoms with Crippen LogP contribution in [0.3, 0.4) is 0 Å². The number of nitrogens with one attached hydrogen (secondary N) is 1. The average Bonchev–Trinajstić information content (AvgIpc) is 1.82. The van der Waals surface area contributed by atoms with E-state index in [2.05, 4.69) is 5.43 Å². The molecule has 1 unspecified atom stereocenters. The third kappa shape index (κ3) is 6.39. The second-order valence-electron chi connectivity index (χ2n) is 3.42. The molecule has 0 aromatic rings. The predicted octanol–water partition coefficient (Wildman–Crippen LogP) is 0.602. The molecule has 5 heteroatoms. The van der Waals surface area contributed by atoms with Crippen molar-refractivity contribution in [1.29, 1.82) is 0 Å². The van der Waals surface area contributed by atoms with Crippen LogP contribution in [0.25, 0.3) is 0 Å². The molecule has 0 saturated carbocycles. The van der Waals surface area contributed by atoms with E-state index in [0.29, 0.717) is 0 Å². The fraction of sp³-hybridized carbons (Fsp3) is 0.857. The maximum atomic E-state index is 11.0. The van der Waals surface area contributed by atoms with Gasteiger partial charge in [-0.15, -0.1) is 12.4 Å². The highest BCUT2D eigenvalue weighted by atomic mass is 35.5. The van der Waals surface area contributed by atoms with Crippen molar-refractivity contribution in [3.63, 3.8) is 0 Å². The molecule has 0 amide bonds. The first-order valence-corrected chi connectivity index (χ1v) is 3.56. The molecule has 4 nitrogen and oxygen atoms in total. The minimum absolute atomic E-state index is 0. The van der Waals surface area contributed by atoms with Crippen molar-refractivity contribution in [2.75, 3.05) is 0 Å². The topological polar surface area (TPSA) is 64.3 Å². The van der Waals surface area contributed by atoms with Crippen molar-refractivity contribution in [2.24, 2.45) is 5.84 Å². The maximum Gasteiger partial charge on any atom is 0.324 e. The zero-order valence-corrected chi connectivity index (χ0v) is 8.70. The summed E-state index contributed by atoms with van der Waals surface area (Å²) in [5, 5.41) is 0. The minimum Gasteiger partial charge on any atom is -0.459 e. The first kappa shape index (κ1) is 14.2. The van der Waals surface area contributed by atoms with E-state index in [1.165, 1.54) is 0 Å². The predicted molar refractivity (Wildman–Crippen MR) is 49.9 cm³/mol. The highest BCUT2D eigenvalue weighted by Gasteiger charge is 2.20. The van der Waals surface area contributed by atoms with Crippen molar-refractivity contribution in [3.05, 3.63) is 0 Å². The summed E-state index contributed by atoms with van der Waals surface area (Å²) in [6, 6.07) is -0.450. The molecule has 12 heavy (non-hydrogen) atoms. The van der Waals surface area contributed by atoms with Gasteiger partial charge in [-0.1, -0.05) is 0 Å². The van der Waals surface area contributed by atoms with E-state index in [4.69, 9.17) is 10.6 Å². The van der Waals surface area contributed by atoms with E-state index in [0.717, 1.165) is 0 Å². The molecule has 0 aliphatic carbocycles. The van der Waals surface area contributed by atoms with Crippen molar-refractivity contribution >= 4 is 18.4 Å². The van der Waals surface area contributed by atoms with E-state index in [1.807, 2.05) is 20.8 Å². The van der Waals surface area contributed by atoms with E-state index in [-0.39, 0.29) is 18.4 Å². The average molecular weight is 197 g/mol. The van der Waals surface area contributed by atoms with Crippen LogP contribution in [0.15, 0.2) is 0 Å². The Kier molecular flexibility index (Phi) is 6.34. The number of ether oxygens (including phenoxy) is 1. The standard InChI is InChI=1S/C7H16N2O2.ClH/c1-5(9-8)6(10)11-7(2,3)4;/h5,9H,8H2,1-4H3;1H. The van der Waals surface area contributed by atoms with Crippen LogP contribution in [0, 0.1) is 0 Å². The Morgan fingerprint density at radius 1 is 1.50 bits per heavy atom. The molecule has 0 bridgehead atoms. The molecular formula is C7H17ClN2O2. The van der Waals surface area contributed by atoms with Gasteiger partial charge in [-0.05, 0) is 27.7 Å². The van der Waals surface area contributed by atoms with Crippen molar-refractivity contribution in [1.82, 2.24) is 5.43 Å². The maximum absolute atomic E-state index is 11.0. The van der Waals surface area contributed by atoms with Crippen LogP contribution < -0.4 is 11.3 Å². The Hall–Kier alpha value is -0.320. The van der Waals surface area contributed by atoms with Gasteiger partial charge in [0.2, 0.25) is 0 Å². The van der Waals surface area contributed by atoms with E-state index < -0.39 is 11.6 Å². The highest BCUT2D eigenvalue weighted by Crippen LogP contribution is 2.07. The number of rotatable bonds is 2. The molecule has 0 heterocycles. The van der Waals surface area contributed by atoms with Gasteiger partial charge in [0.25, 0.3) is 0 Å². The zero-order valence-electron chi connectivity index (χ0n) is 7.88. The molecule has 0 spiro atoms. The normalized spacial score (nSPS) is 13.1. The lowest BCUT2D eigenvalue weighted by Crippen LogP contribution is -2.42. The number of carbonyl (C=O) groups is 1. The summed E-state index contributed by atoms with van der Waals surface area (Å²) in [7, 11) is 0. The van der Waals surface area contributed by atoms with Gasteiger partial charge in [-0.3, -0.25) is 10.6 Å². The number of carbonyl (C=O) groups excluding carboxylic acids is 1. The Balaban J connectivity index is 0. The summed E-state index contributed by atoms with van der Waals surface area (Å²) in [6.07, 6.45) is 0. The summed E-state index contributed by atoms with van der Waals surface area (Å²) >= 11 is 0. The Labute approximate surface area is 79.2 Å². The second kappa shape index (κ2) is 5.35. The quantitative estimate of drug-likeness (QED) is 0.386. The molecule has 0 aliphatic heterocycles. The smallest absolute Gasteiger partial charge is 0.324 e. The molecule has 0 aromatic carbocycles. The van der Waals surface area contributed by atoms with Crippen molar-refractivity contribution < 1.29 is 9.53 Å². The Bertz CT molecular complexity index is 145. The SMILES string of the molecule is CC(NN)C(=O)OC(C)(C)C.Cl. The molecule has 0 aliphatic rings. The lowest BCUT2D eigenvalue weighted by atomic mass is 10.2. The molecule has 0 fully saturated rings. The number of hydrazine groups is 1. The number of nitrogens with two attached hydrogens (primary N) is 1. The molecule has 0 saturated heterocycles. The van der Waals surface area contributed by atoms with Crippen LogP contribution in [0.1, 0.15) is 27.7 Å². The molecule has 0 radical (unpaired) electrons. The summed E-state index contributed by atoms with van der Waals surface area (Å²) in [4.78, 5) is 11.0. The summed E-state index contributed by atoms with van der Waals surface area (Å²) in [6.45, 7) is 7.09. The summed E-state index contributed by atoms with van der Waals surface area (Å²) in [5.41, 5.74) is 1.87. The van der Waals surface area contributed by atoms with Crippen LogP contribution in [0.4, 0.5) is 0 Å². The monoisotopic (exact) mass is 196 g/mol. The van der Waals surface area contributed by atoms with Crippen LogP contribution >= 0.6 is 12.4 Å². The van der Waals surface area contributed by atoms with Gasteiger partial charge >= 0.3 is 5.97 Å². The number of hydrogen-bond acceptors (Lipinski definition) is 4. The Morgan fingerprint density at radius 2 is 1.92 bits per heavy atom. The highest BCUT2D eigenvalue weighted by molar-refractivity contribution is 5.85. The van der Waals surface area contributed by atoms with Gasteiger partial charge in [0.1, 0.15) is 11.6 Å². The largest absolute Gasteiger partial charge is 0.459 e. The lowest BCUT2D eigenvalue weighted by molar-refractivity contribution is -0.156. The van der Waals surface area contributed by atoms with Gasteiger partial charge in [-0.25, -0.2) is 5.43 Å². The Morgan fingerprint density at radius 3 is 2.17 bits per heavy atom. The fourth-order valence-electron chi connectivity index (χ4n) is 0.458. The third-order valence-electron chi connectivity index (χ3n) is 1.01. The minimum atomic E-state index is -0.450. The number of hydrogen-bond donors (Lipinski definition) is 2. The number of esters is 1. The van der Waals surface area contributed by atoms with Crippen LogP contribution in [0.2, 0.25) is 0 Å². The van der Waals surface area contributed by atoms with Gasteiger partial charge < -0.3 is 4.74 Å². The third-order valence-corrected chi connectivity index (χ3v) is 1.01. The van der Waals surface area contributed by atoms with E-state index in [9.17, 15) is 4.79 Å². The fourth-order valence-corrected chi connectivity index (χ4v) is 0.458. The molecule has 1 atom stereocenters. The van der Waals surface area contributed by atoms with Crippen LogP contribution in [0.5, 0.6) is 0 Å².